The quantitative estimate of drug-likeness (QED) is 0.796. The van der Waals surface area contributed by atoms with Crippen molar-refractivity contribution in [3.8, 4) is 0 Å². The molecule has 0 atom stereocenters. The molecule has 0 aliphatic carbocycles. The van der Waals surface area contributed by atoms with Crippen LogP contribution in [0.2, 0.25) is 0 Å². The van der Waals surface area contributed by atoms with Gasteiger partial charge in [-0.15, -0.1) is 0 Å². The Kier molecular flexibility index (Phi) is 5.17. The lowest BCUT2D eigenvalue weighted by Gasteiger charge is -2.07. The first-order valence-electron chi connectivity index (χ1n) is 6.65. The normalized spacial score (nSPS) is 10.1. The summed E-state index contributed by atoms with van der Waals surface area (Å²) in [5.74, 6) is -0.125. The Balaban J connectivity index is 1.78. The third-order valence-corrected chi connectivity index (χ3v) is 2.91. The molecule has 1 aromatic heterocycles. The molecule has 0 aliphatic heterocycles. The molecule has 108 valence electrons. The number of pyridine rings is 1. The molecular weight excluding hydrogens is 266 g/mol. The van der Waals surface area contributed by atoms with E-state index in [0.29, 0.717) is 17.8 Å². The maximum Gasteiger partial charge on any atom is 0.238 e. The number of Topliss-reactive ketones (excluding diaryl/α,β-unsaturated/α-hetero) is 1. The van der Waals surface area contributed by atoms with E-state index < -0.39 is 0 Å². The molecule has 1 aromatic carbocycles. The fourth-order valence-electron chi connectivity index (χ4n) is 1.82. The highest BCUT2D eigenvalue weighted by Crippen LogP contribution is 2.09. The van der Waals surface area contributed by atoms with E-state index in [9.17, 15) is 9.59 Å². The predicted octanol–water partition coefficient (Wildman–Crippen LogP) is 2.01. The third-order valence-electron chi connectivity index (χ3n) is 2.91. The summed E-state index contributed by atoms with van der Waals surface area (Å²) >= 11 is 0. The summed E-state index contributed by atoms with van der Waals surface area (Å²) in [7, 11) is 0. The lowest BCUT2D eigenvalue weighted by Crippen LogP contribution is -2.27. The van der Waals surface area contributed by atoms with Crippen molar-refractivity contribution < 1.29 is 9.59 Å². The van der Waals surface area contributed by atoms with Gasteiger partial charge in [0.2, 0.25) is 5.91 Å². The number of ketones is 1. The zero-order valence-electron chi connectivity index (χ0n) is 11.8. The molecular formula is C16H17N3O2. The van der Waals surface area contributed by atoms with E-state index in [1.807, 2.05) is 12.1 Å². The Bertz CT molecular complexity index is 609. The largest absolute Gasteiger partial charge is 0.325 e. The zero-order valence-corrected chi connectivity index (χ0v) is 11.8. The van der Waals surface area contributed by atoms with Crippen molar-refractivity contribution in [2.75, 3.05) is 11.9 Å². The van der Waals surface area contributed by atoms with Crippen molar-refractivity contribution in [2.24, 2.45) is 0 Å². The van der Waals surface area contributed by atoms with Crippen molar-refractivity contribution in [2.45, 2.75) is 13.5 Å². The number of hydrogen-bond acceptors (Lipinski definition) is 4. The number of amides is 1. The number of aromatic nitrogens is 1. The first-order valence-corrected chi connectivity index (χ1v) is 6.65. The molecule has 0 unspecified atom stereocenters. The van der Waals surface area contributed by atoms with Crippen molar-refractivity contribution in [1.82, 2.24) is 10.3 Å². The van der Waals surface area contributed by atoms with Gasteiger partial charge >= 0.3 is 0 Å². The second-order valence-corrected chi connectivity index (χ2v) is 4.65. The van der Waals surface area contributed by atoms with E-state index in [4.69, 9.17) is 0 Å². The highest BCUT2D eigenvalue weighted by molar-refractivity contribution is 5.96. The summed E-state index contributed by atoms with van der Waals surface area (Å²) in [5.41, 5.74) is 2.33. The second kappa shape index (κ2) is 7.31. The lowest BCUT2D eigenvalue weighted by molar-refractivity contribution is -0.115. The number of nitrogens with zero attached hydrogens (tertiary/aromatic N) is 1. The monoisotopic (exact) mass is 283 g/mol. The Labute approximate surface area is 123 Å². The Morgan fingerprint density at radius 3 is 2.52 bits per heavy atom. The Hall–Kier alpha value is -2.53. The van der Waals surface area contributed by atoms with Crippen LogP contribution in [0.4, 0.5) is 5.69 Å². The van der Waals surface area contributed by atoms with E-state index >= 15 is 0 Å². The molecule has 0 saturated heterocycles. The fraction of sp³-hybridized carbons (Fsp3) is 0.188. The number of carbonyl (C=O) groups excluding carboxylic acids is 2. The molecule has 0 spiro atoms. The van der Waals surface area contributed by atoms with Gasteiger partial charge in [-0.1, -0.05) is 6.07 Å². The van der Waals surface area contributed by atoms with Crippen LogP contribution < -0.4 is 10.6 Å². The number of benzene rings is 1. The van der Waals surface area contributed by atoms with Gasteiger partial charge in [0.15, 0.2) is 5.78 Å². The van der Waals surface area contributed by atoms with Crippen LogP contribution >= 0.6 is 0 Å². The number of anilines is 1. The molecule has 21 heavy (non-hydrogen) atoms. The molecule has 0 saturated carbocycles. The SMILES string of the molecule is CC(=O)c1ccc(NC(=O)CNCc2cccnc2)cc1. The van der Waals surface area contributed by atoms with Crippen molar-refractivity contribution in [3.05, 3.63) is 59.9 Å². The molecule has 1 heterocycles. The Morgan fingerprint density at radius 2 is 1.90 bits per heavy atom. The van der Waals surface area contributed by atoms with Crippen LogP contribution in [0.25, 0.3) is 0 Å². The van der Waals surface area contributed by atoms with Gasteiger partial charge in [0.1, 0.15) is 0 Å². The van der Waals surface area contributed by atoms with Gasteiger partial charge in [-0.05, 0) is 42.8 Å². The zero-order chi connectivity index (χ0) is 15.1. The minimum Gasteiger partial charge on any atom is -0.325 e. The predicted molar refractivity (Wildman–Crippen MR) is 81.0 cm³/mol. The molecule has 2 rings (SSSR count). The molecule has 0 fully saturated rings. The molecule has 0 radical (unpaired) electrons. The molecule has 2 aromatic rings. The van der Waals surface area contributed by atoms with E-state index in [0.717, 1.165) is 5.56 Å². The van der Waals surface area contributed by atoms with Crippen molar-refractivity contribution in [3.63, 3.8) is 0 Å². The van der Waals surface area contributed by atoms with Gasteiger partial charge in [0, 0.05) is 30.2 Å². The van der Waals surface area contributed by atoms with Crippen LogP contribution in [0.1, 0.15) is 22.8 Å². The van der Waals surface area contributed by atoms with E-state index in [1.165, 1.54) is 6.92 Å². The lowest BCUT2D eigenvalue weighted by atomic mass is 10.1. The van der Waals surface area contributed by atoms with Crippen molar-refractivity contribution in [1.29, 1.82) is 0 Å². The topological polar surface area (TPSA) is 71.1 Å². The molecule has 0 aliphatic rings. The van der Waals surface area contributed by atoms with Gasteiger partial charge < -0.3 is 10.6 Å². The summed E-state index contributed by atoms with van der Waals surface area (Å²) in [6.07, 6.45) is 3.46. The number of carbonyl (C=O) groups is 2. The summed E-state index contributed by atoms with van der Waals surface area (Å²) in [6.45, 7) is 2.31. The van der Waals surface area contributed by atoms with Gasteiger partial charge in [-0.25, -0.2) is 0 Å². The summed E-state index contributed by atoms with van der Waals surface area (Å²) in [4.78, 5) is 26.9. The van der Waals surface area contributed by atoms with Crippen LogP contribution in [0.15, 0.2) is 48.8 Å². The smallest absolute Gasteiger partial charge is 0.238 e. The highest BCUT2D eigenvalue weighted by atomic mass is 16.2. The summed E-state index contributed by atoms with van der Waals surface area (Å²) < 4.78 is 0. The van der Waals surface area contributed by atoms with Crippen LogP contribution in [0, 0.1) is 0 Å². The number of hydrogen-bond donors (Lipinski definition) is 2. The molecule has 5 heteroatoms. The fourth-order valence-corrected chi connectivity index (χ4v) is 1.82. The van der Waals surface area contributed by atoms with E-state index in [2.05, 4.69) is 15.6 Å². The van der Waals surface area contributed by atoms with Gasteiger partial charge in [-0.2, -0.15) is 0 Å². The van der Waals surface area contributed by atoms with Gasteiger partial charge in [0.25, 0.3) is 0 Å². The third kappa shape index (κ3) is 4.81. The average molecular weight is 283 g/mol. The second-order valence-electron chi connectivity index (χ2n) is 4.65. The standard InChI is InChI=1S/C16H17N3O2/c1-12(20)14-4-6-15(7-5-14)19-16(21)11-18-10-13-3-2-8-17-9-13/h2-9,18H,10-11H2,1H3,(H,19,21). The van der Waals surface area contributed by atoms with E-state index in [1.54, 1.807) is 36.7 Å². The van der Waals surface area contributed by atoms with Crippen LogP contribution in [0.5, 0.6) is 0 Å². The van der Waals surface area contributed by atoms with Gasteiger partial charge in [-0.3, -0.25) is 14.6 Å². The molecule has 2 N–H and O–H groups in total. The maximum atomic E-state index is 11.8. The van der Waals surface area contributed by atoms with Gasteiger partial charge in [0.05, 0.1) is 6.54 Å². The minimum absolute atomic E-state index is 0.00557. The van der Waals surface area contributed by atoms with E-state index in [-0.39, 0.29) is 18.2 Å². The summed E-state index contributed by atoms with van der Waals surface area (Å²) in [5, 5.41) is 5.81. The highest BCUT2D eigenvalue weighted by Gasteiger charge is 2.03. The molecule has 1 amide bonds. The minimum atomic E-state index is -0.130. The number of nitrogens with one attached hydrogen (secondary N) is 2. The first kappa shape index (κ1) is 14.9. The number of rotatable bonds is 6. The van der Waals surface area contributed by atoms with Crippen LogP contribution in [0.3, 0.4) is 0 Å². The van der Waals surface area contributed by atoms with Crippen LogP contribution in [-0.2, 0) is 11.3 Å². The Morgan fingerprint density at radius 1 is 1.14 bits per heavy atom. The average Bonchev–Trinajstić information content (AvgIpc) is 2.49. The van der Waals surface area contributed by atoms with Crippen molar-refractivity contribution >= 4 is 17.4 Å². The molecule has 0 bridgehead atoms. The first-order chi connectivity index (χ1) is 10.1. The maximum absolute atomic E-state index is 11.8. The molecule has 5 nitrogen and oxygen atoms in total. The van der Waals surface area contributed by atoms with Crippen LogP contribution in [-0.4, -0.2) is 23.2 Å². The summed E-state index contributed by atoms with van der Waals surface area (Å²) in [6, 6.07) is 10.6.